The van der Waals surface area contributed by atoms with Crippen LogP contribution in [0.5, 0.6) is 5.75 Å². The van der Waals surface area contributed by atoms with Crippen LogP contribution in [0, 0.1) is 0 Å². The molecular weight excluding hydrogens is 440 g/mol. The van der Waals surface area contributed by atoms with Gasteiger partial charge in [-0.1, -0.05) is 24.3 Å². The van der Waals surface area contributed by atoms with Crippen molar-refractivity contribution in [1.29, 1.82) is 0 Å². The standard InChI is InChI=1S/C24H26N4O4S/c1-32-22-10-3-2-9-21(22)27-33(30,31)20-8-6-7-19(15-20)24(29)26-17-18-11-12-23(25-16-18)28-13-4-5-14-28/h2-3,6-12,15-16,27H,4-5,13-14,17H2,1H3,(H,26,29). The van der Waals surface area contributed by atoms with E-state index in [1.165, 1.54) is 38.2 Å². The number of aromatic nitrogens is 1. The van der Waals surface area contributed by atoms with Crippen molar-refractivity contribution >= 4 is 27.4 Å². The second-order valence-electron chi connectivity index (χ2n) is 7.74. The topological polar surface area (TPSA) is 101 Å². The molecule has 2 heterocycles. The number of ether oxygens (including phenoxy) is 1. The Balaban J connectivity index is 1.42. The Labute approximate surface area is 193 Å². The number of amides is 1. The fraction of sp³-hybridized carbons (Fsp3) is 0.250. The normalized spacial score (nSPS) is 13.5. The van der Waals surface area contributed by atoms with E-state index in [4.69, 9.17) is 4.74 Å². The average Bonchev–Trinajstić information content (AvgIpc) is 3.38. The van der Waals surface area contributed by atoms with Gasteiger partial charge in [0.1, 0.15) is 11.6 Å². The zero-order valence-electron chi connectivity index (χ0n) is 18.3. The summed E-state index contributed by atoms with van der Waals surface area (Å²) in [6.45, 7) is 2.34. The summed E-state index contributed by atoms with van der Waals surface area (Å²) in [4.78, 5) is 19.4. The second kappa shape index (κ2) is 9.91. The van der Waals surface area contributed by atoms with Crippen LogP contribution < -0.4 is 19.7 Å². The zero-order valence-corrected chi connectivity index (χ0v) is 19.1. The minimum absolute atomic E-state index is 0.0160. The van der Waals surface area contributed by atoms with Gasteiger partial charge < -0.3 is 15.0 Å². The number of nitrogens with one attached hydrogen (secondary N) is 2. The fourth-order valence-electron chi connectivity index (χ4n) is 3.68. The van der Waals surface area contributed by atoms with Gasteiger partial charge >= 0.3 is 0 Å². The molecule has 9 heteroatoms. The molecule has 0 atom stereocenters. The van der Waals surface area contributed by atoms with Gasteiger partial charge in [-0.25, -0.2) is 13.4 Å². The van der Waals surface area contributed by atoms with Crippen LogP contribution in [0.25, 0.3) is 0 Å². The molecule has 8 nitrogen and oxygen atoms in total. The lowest BCUT2D eigenvalue weighted by molar-refractivity contribution is 0.0950. The third-order valence-electron chi connectivity index (χ3n) is 5.45. The third kappa shape index (κ3) is 5.43. The molecule has 4 rings (SSSR count). The number of hydrogen-bond acceptors (Lipinski definition) is 6. The van der Waals surface area contributed by atoms with E-state index in [9.17, 15) is 13.2 Å². The van der Waals surface area contributed by atoms with E-state index in [1.807, 2.05) is 12.1 Å². The first-order chi connectivity index (χ1) is 16.0. The predicted molar refractivity (Wildman–Crippen MR) is 127 cm³/mol. The Morgan fingerprint density at radius 1 is 1.06 bits per heavy atom. The highest BCUT2D eigenvalue weighted by Gasteiger charge is 2.18. The highest BCUT2D eigenvalue weighted by atomic mass is 32.2. The number of sulfonamides is 1. The molecule has 172 valence electrons. The number of nitrogens with zero attached hydrogens (tertiary/aromatic N) is 2. The first-order valence-electron chi connectivity index (χ1n) is 10.7. The van der Waals surface area contributed by atoms with Crippen LogP contribution >= 0.6 is 0 Å². The maximum atomic E-state index is 12.9. The first-order valence-corrected chi connectivity index (χ1v) is 12.2. The van der Waals surface area contributed by atoms with Crippen molar-refractivity contribution in [3.8, 4) is 5.75 Å². The van der Waals surface area contributed by atoms with Crippen LogP contribution in [0.3, 0.4) is 0 Å². The Bertz CT molecular complexity index is 1220. The molecule has 2 aromatic carbocycles. The lowest BCUT2D eigenvalue weighted by Gasteiger charge is -2.16. The van der Waals surface area contributed by atoms with Gasteiger partial charge in [-0.3, -0.25) is 9.52 Å². The van der Waals surface area contributed by atoms with Gasteiger partial charge in [-0.15, -0.1) is 0 Å². The molecule has 0 unspecified atom stereocenters. The van der Waals surface area contributed by atoms with Crippen molar-refractivity contribution in [3.63, 3.8) is 0 Å². The summed E-state index contributed by atoms with van der Waals surface area (Å²) in [6.07, 6.45) is 4.12. The van der Waals surface area contributed by atoms with Gasteiger partial charge in [0.05, 0.1) is 17.7 Å². The number of benzene rings is 2. The largest absolute Gasteiger partial charge is 0.495 e. The first kappa shape index (κ1) is 22.6. The van der Waals surface area contributed by atoms with Crippen molar-refractivity contribution in [1.82, 2.24) is 10.3 Å². The Kier molecular flexibility index (Phi) is 6.79. The molecule has 3 aromatic rings. The predicted octanol–water partition coefficient (Wildman–Crippen LogP) is 3.42. The molecule has 0 radical (unpaired) electrons. The number of hydrogen-bond donors (Lipinski definition) is 2. The number of anilines is 2. The van der Waals surface area contributed by atoms with Crippen LogP contribution in [0.2, 0.25) is 0 Å². The van der Waals surface area contributed by atoms with Gasteiger partial charge in [0.25, 0.3) is 15.9 Å². The number of para-hydroxylation sites is 2. The van der Waals surface area contributed by atoms with Crippen molar-refractivity contribution in [3.05, 3.63) is 78.0 Å². The molecule has 33 heavy (non-hydrogen) atoms. The molecule has 0 spiro atoms. The summed E-state index contributed by atoms with van der Waals surface area (Å²) in [5.41, 5.74) is 1.44. The number of rotatable bonds is 8. The average molecular weight is 467 g/mol. The van der Waals surface area contributed by atoms with E-state index in [0.717, 1.165) is 24.5 Å². The summed E-state index contributed by atoms with van der Waals surface area (Å²) in [5.74, 6) is 0.982. The third-order valence-corrected chi connectivity index (χ3v) is 6.81. The van der Waals surface area contributed by atoms with Crippen LogP contribution in [0.1, 0.15) is 28.8 Å². The quantitative estimate of drug-likeness (QED) is 0.528. The summed E-state index contributed by atoms with van der Waals surface area (Å²) >= 11 is 0. The Morgan fingerprint density at radius 3 is 2.58 bits per heavy atom. The maximum absolute atomic E-state index is 12.9. The van der Waals surface area contributed by atoms with E-state index >= 15 is 0 Å². The van der Waals surface area contributed by atoms with E-state index < -0.39 is 10.0 Å². The van der Waals surface area contributed by atoms with Gasteiger partial charge in [0.15, 0.2) is 0 Å². The number of methoxy groups -OCH3 is 1. The highest BCUT2D eigenvalue weighted by molar-refractivity contribution is 7.92. The zero-order chi connectivity index (χ0) is 23.3. The monoisotopic (exact) mass is 466 g/mol. The van der Waals surface area contributed by atoms with Gasteiger partial charge in [0, 0.05) is 31.4 Å². The molecule has 1 saturated heterocycles. The van der Waals surface area contributed by atoms with E-state index in [2.05, 4.69) is 19.9 Å². The van der Waals surface area contributed by atoms with Crippen molar-refractivity contribution in [2.45, 2.75) is 24.3 Å². The van der Waals surface area contributed by atoms with Crippen LogP contribution in [-0.2, 0) is 16.6 Å². The van der Waals surface area contributed by atoms with Gasteiger partial charge in [-0.2, -0.15) is 0 Å². The van der Waals surface area contributed by atoms with E-state index in [0.29, 0.717) is 18.0 Å². The smallest absolute Gasteiger partial charge is 0.262 e. The van der Waals surface area contributed by atoms with Crippen molar-refractivity contribution < 1.29 is 17.9 Å². The molecule has 0 aliphatic carbocycles. The van der Waals surface area contributed by atoms with Crippen LogP contribution in [-0.4, -0.2) is 39.5 Å². The summed E-state index contributed by atoms with van der Waals surface area (Å²) in [5, 5.41) is 2.82. The lowest BCUT2D eigenvalue weighted by Crippen LogP contribution is -2.24. The molecule has 1 aliphatic rings. The molecule has 1 amide bonds. The summed E-state index contributed by atoms with van der Waals surface area (Å²) in [7, 11) is -2.44. The SMILES string of the molecule is COc1ccccc1NS(=O)(=O)c1cccc(C(=O)NCc2ccc(N3CCCC3)nc2)c1. The molecule has 0 saturated carbocycles. The summed E-state index contributed by atoms with van der Waals surface area (Å²) < 4.78 is 33.4. The van der Waals surface area contributed by atoms with Crippen LogP contribution in [0.15, 0.2) is 71.8 Å². The van der Waals surface area contributed by atoms with Crippen molar-refractivity contribution in [2.75, 3.05) is 29.8 Å². The van der Waals surface area contributed by atoms with E-state index in [1.54, 1.807) is 36.5 Å². The molecule has 0 bridgehead atoms. The molecule has 2 N–H and O–H groups in total. The van der Waals surface area contributed by atoms with Gasteiger partial charge in [0.2, 0.25) is 0 Å². The number of carbonyl (C=O) groups excluding carboxylic acids is 1. The van der Waals surface area contributed by atoms with Crippen LogP contribution in [0.4, 0.5) is 11.5 Å². The number of carbonyl (C=O) groups is 1. The molecular formula is C24H26N4O4S. The summed E-state index contributed by atoms with van der Waals surface area (Å²) in [6, 6.07) is 16.5. The molecule has 1 fully saturated rings. The molecule has 1 aliphatic heterocycles. The van der Waals surface area contributed by atoms with E-state index in [-0.39, 0.29) is 16.4 Å². The van der Waals surface area contributed by atoms with Gasteiger partial charge in [-0.05, 0) is 54.8 Å². The minimum atomic E-state index is -3.91. The lowest BCUT2D eigenvalue weighted by atomic mass is 10.2. The number of pyridine rings is 1. The minimum Gasteiger partial charge on any atom is -0.495 e. The fourth-order valence-corrected chi connectivity index (χ4v) is 4.79. The molecule has 1 aromatic heterocycles. The Hall–Kier alpha value is -3.59. The van der Waals surface area contributed by atoms with Crippen molar-refractivity contribution in [2.24, 2.45) is 0 Å². The maximum Gasteiger partial charge on any atom is 0.262 e. The highest BCUT2D eigenvalue weighted by Crippen LogP contribution is 2.26. The Morgan fingerprint density at radius 2 is 1.85 bits per heavy atom. The second-order valence-corrected chi connectivity index (χ2v) is 9.42.